The van der Waals surface area contributed by atoms with E-state index in [1.165, 1.54) is 12.1 Å². The maximum Gasteiger partial charge on any atom is 0.251 e. The summed E-state index contributed by atoms with van der Waals surface area (Å²) in [5.41, 5.74) is 1.26. The van der Waals surface area contributed by atoms with Crippen molar-refractivity contribution in [3.05, 3.63) is 63.6 Å². The van der Waals surface area contributed by atoms with Crippen LogP contribution in [-0.2, 0) is 20.2 Å². The van der Waals surface area contributed by atoms with Gasteiger partial charge in [0.2, 0.25) is 10.0 Å². The number of benzene rings is 2. The van der Waals surface area contributed by atoms with E-state index in [2.05, 4.69) is 10.0 Å². The second-order valence-electron chi connectivity index (χ2n) is 7.15. The van der Waals surface area contributed by atoms with Gasteiger partial charge < -0.3 is 10.1 Å². The van der Waals surface area contributed by atoms with Crippen LogP contribution in [0, 0.1) is 0 Å². The number of nitrogens with one attached hydrogen (secondary N) is 2. The van der Waals surface area contributed by atoms with E-state index in [4.69, 9.17) is 27.9 Å². The molecule has 29 heavy (non-hydrogen) atoms. The van der Waals surface area contributed by atoms with E-state index in [-0.39, 0.29) is 22.0 Å². The molecule has 0 unspecified atom stereocenters. The molecule has 1 heterocycles. The van der Waals surface area contributed by atoms with Crippen LogP contribution in [0.1, 0.15) is 28.8 Å². The lowest BCUT2D eigenvalue weighted by atomic mass is 9.74. The molecular formula is C20H22Cl2N2O4S. The predicted molar refractivity (Wildman–Crippen MR) is 115 cm³/mol. The Labute approximate surface area is 180 Å². The van der Waals surface area contributed by atoms with Gasteiger partial charge in [0.05, 0.1) is 17.0 Å². The van der Waals surface area contributed by atoms with Gasteiger partial charge in [0.15, 0.2) is 0 Å². The van der Waals surface area contributed by atoms with Gasteiger partial charge in [-0.1, -0.05) is 35.3 Å². The van der Waals surface area contributed by atoms with Crippen molar-refractivity contribution in [3.8, 4) is 0 Å². The maximum absolute atomic E-state index is 12.8. The predicted octanol–water partition coefficient (Wildman–Crippen LogP) is 3.84. The van der Waals surface area contributed by atoms with Gasteiger partial charge in [-0.2, -0.15) is 0 Å². The normalized spacial score (nSPS) is 16.2. The first-order chi connectivity index (χ1) is 13.7. The molecule has 2 aromatic carbocycles. The second kappa shape index (κ2) is 8.92. The number of ether oxygens (including phenoxy) is 1. The van der Waals surface area contributed by atoms with Crippen LogP contribution in [-0.4, -0.2) is 40.3 Å². The molecule has 9 heteroatoms. The zero-order valence-electron chi connectivity index (χ0n) is 15.9. The quantitative estimate of drug-likeness (QED) is 0.691. The lowest BCUT2D eigenvalue weighted by molar-refractivity contribution is 0.0487. The van der Waals surface area contributed by atoms with Crippen LogP contribution in [0.2, 0.25) is 10.0 Å². The first-order valence-corrected chi connectivity index (χ1v) is 11.7. The number of carbonyl (C=O) groups excluding carboxylic acids is 1. The molecule has 1 aliphatic heterocycles. The fourth-order valence-electron chi connectivity index (χ4n) is 3.44. The highest BCUT2D eigenvalue weighted by Crippen LogP contribution is 2.35. The first kappa shape index (κ1) is 21.9. The molecule has 0 saturated carbocycles. The smallest absolute Gasteiger partial charge is 0.251 e. The molecule has 0 aliphatic carbocycles. The first-order valence-electron chi connectivity index (χ1n) is 9.08. The van der Waals surface area contributed by atoms with Crippen LogP contribution < -0.4 is 10.0 Å². The number of halogens is 2. The summed E-state index contributed by atoms with van der Waals surface area (Å²) in [7, 11) is -3.51. The van der Waals surface area contributed by atoms with Crippen molar-refractivity contribution in [1.29, 1.82) is 0 Å². The molecule has 1 saturated heterocycles. The van der Waals surface area contributed by atoms with E-state index < -0.39 is 10.0 Å². The van der Waals surface area contributed by atoms with Crippen molar-refractivity contribution >= 4 is 44.8 Å². The zero-order valence-corrected chi connectivity index (χ0v) is 18.2. The Morgan fingerprint density at radius 2 is 1.86 bits per heavy atom. The molecule has 0 bridgehead atoms. The van der Waals surface area contributed by atoms with Gasteiger partial charge in [0.25, 0.3) is 5.91 Å². The van der Waals surface area contributed by atoms with Crippen LogP contribution in [0.4, 0.5) is 5.69 Å². The minimum atomic E-state index is -3.51. The van der Waals surface area contributed by atoms with Crippen molar-refractivity contribution in [3.63, 3.8) is 0 Å². The Hall–Kier alpha value is -1.80. The third-order valence-corrected chi connectivity index (χ3v) is 6.15. The Bertz CT molecular complexity index is 1010. The van der Waals surface area contributed by atoms with Gasteiger partial charge in [0.1, 0.15) is 0 Å². The van der Waals surface area contributed by atoms with E-state index in [0.717, 1.165) is 24.7 Å². The van der Waals surface area contributed by atoms with Crippen molar-refractivity contribution < 1.29 is 17.9 Å². The lowest BCUT2D eigenvalue weighted by Crippen LogP contribution is -2.44. The van der Waals surface area contributed by atoms with Crippen LogP contribution in [0.3, 0.4) is 0 Å². The summed E-state index contributed by atoms with van der Waals surface area (Å²) in [6.45, 7) is 1.62. The molecule has 1 fully saturated rings. The summed E-state index contributed by atoms with van der Waals surface area (Å²) in [6, 6.07) is 12.1. The fourth-order valence-corrected chi connectivity index (χ4v) is 4.42. The third-order valence-electron chi connectivity index (χ3n) is 5.00. The third kappa shape index (κ3) is 5.63. The highest BCUT2D eigenvalue weighted by molar-refractivity contribution is 7.92. The minimum absolute atomic E-state index is 0.164. The van der Waals surface area contributed by atoms with Gasteiger partial charge >= 0.3 is 0 Å². The number of anilines is 1. The summed E-state index contributed by atoms with van der Waals surface area (Å²) in [6.07, 6.45) is 2.54. The second-order valence-corrected chi connectivity index (χ2v) is 9.75. The van der Waals surface area contributed by atoms with Crippen molar-refractivity contribution in [2.24, 2.45) is 0 Å². The average Bonchev–Trinajstić information content (AvgIpc) is 2.67. The van der Waals surface area contributed by atoms with Crippen molar-refractivity contribution in [2.75, 3.05) is 30.7 Å². The Morgan fingerprint density at radius 1 is 1.14 bits per heavy atom. The molecule has 2 N–H and O–H groups in total. The van der Waals surface area contributed by atoms with Crippen molar-refractivity contribution in [1.82, 2.24) is 5.32 Å². The number of hydrogen-bond donors (Lipinski definition) is 2. The molecule has 0 aromatic heterocycles. The minimum Gasteiger partial charge on any atom is -0.381 e. The van der Waals surface area contributed by atoms with E-state index in [0.29, 0.717) is 30.3 Å². The number of amides is 1. The zero-order chi connectivity index (χ0) is 21.1. The van der Waals surface area contributed by atoms with Crippen molar-refractivity contribution in [2.45, 2.75) is 18.3 Å². The number of carbonyl (C=O) groups is 1. The number of rotatable bonds is 6. The molecule has 6 nitrogen and oxygen atoms in total. The summed E-state index contributed by atoms with van der Waals surface area (Å²) in [5.74, 6) is -0.314. The van der Waals surface area contributed by atoms with Gasteiger partial charge in [-0.05, 0) is 48.7 Å². The summed E-state index contributed by atoms with van der Waals surface area (Å²) >= 11 is 12.2. The molecular weight excluding hydrogens is 435 g/mol. The number of sulfonamides is 1. The molecule has 0 spiro atoms. The molecule has 1 amide bonds. The Kier molecular flexibility index (Phi) is 6.73. The monoisotopic (exact) mass is 456 g/mol. The van der Waals surface area contributed by atoms with E-state index in [1.807, 2.05) is 24.3 Å². The van der Waals surface area contributed by atoms with E-state index >= 15 is 0 Å². The summed E-state index contributed by atoms with van der Waals surface area (Å²) in [4.78, 5) is 12.8. The maximum atomic E-state index is 12.8. The summed E-state index contributed by atoms with van der Waals surface area (Å²) < 4.78 is 30.8. The average molecular weight is 457 g/mol. The Balaban J connectivity index is 1.80. The molecule has 1 aliphatic rings. The fraction of sp³-hybridized carbons (Fsp3) is 0.350. The lowest BCUT2D eigenvalue weighted by Gasteiger charge is -2.38. The SMILES string of the molecule is CS(=O)(=O)Nc1cc(C(=O)NCC2(c3cccc(Cl)c3)CCOCC2)ccc1Cl. The van der Waals surface area contributed by atoms with Gasteiger partial charge in [0, 0.05) is 35.8 Å². The standard InChI is InChI=1S/C20H22Cl2N2O4S/c1-29(26,27)24-18-11-14(5-6-17(18)22)19(25)23-13-20(7-9-28-10-8-20)15-3-2-4-16(21)12-15/h2-6,11-12,24H,7-10,13H2,1H3,(H,23,25). The molecule has 156 valence electrons. The van der Waals surface area contributed by atoms with Crippen LogP contribution >= 0.6 is 23.2 Å². The topological polar surface area (TPSA) is 84.5 Å². The highest BCUT2D eigenvalue weighted by Gasteiger charge is 2.35. The molecule has 0 atom stereocenters. The Morgan fingerprint density at radius 3 is 2.52 bits per heavy atom. The largest absolute Gasteiger partial charge is 0.381 e. The molecule has 3 rings (SSSR count). The van der Waals surface area contributed by atoms with Crippen LogP contribution in [0.25, 0.3) is 0 Å². The van der Waals surface area contributed by atoms with Crippen LogP contribution in [0.5, 0.6) is 0 Å². The van der Waals surface area contributed by atoms with Gasteiger partial charge in [-0.25, -0.2) is 8.42 Å². The van der Waals surface area contributed by atoms with E-state index in [1.54, 1.807) is 6.07 Å². The van der Waals surface area contributed by atoms with Crippen LogP contribution in [0.15, 0.2) is 42.5 Å². The summed E-state index contributed by atoms with van der Waals surface area (Å²) in [5, 5.41) is 3.84. The molecule has 0 radical (unpaired) electrons. The van der Waals surface area contributed by atoms with Gasteiger partial charge in [-0.3, -0.25) is 9.52 Å². The highest BCUT2D eigenvalue weighted by atomic mass is 35.5. The van der Waals surface area contributed by atoms with Gasteiger partial charge in [-0.15, -0.1) is 0 Å². The number of hydrogen-bond acceptors (Lipinski definition) is 4. The molecule has 2 aromatic rings. The van der Waals surface area contributed by atoms with E-state index in [9.17, 15) is 13.2 Å².